The van der Waals surface area contributed by atoms with Gasteiger partial charge in [0.25, 0.3) is 15.7 Å². The van der Waals surface area contributed by atoms with E-state index in [1.54, 1.807) is 24.3 Å². The molecular formula is C20H17N3O7S. The zero-order chi connectivity index (χ0) is 22.6. The van der Waals surface area contributed by atoms with Gasteiger partial charge in [0.05, 0.1) is 21.1 Å². The molecule has 0 saturated heterocycles. The van der Waals surface area contributed by atoms with Gasteiger partial charge in [-0.3, -0.25) is 14.8 Å². The number of ether oxygens (including phenoxy) is 1. The van der Waals surface area contributed by atoms with Crippen LogP contribution in [-0.4, -0.2) is 24.4 Å². The summed E-state index contributed by atoms with van der Waals surface area (Å²) in [6.45, 7) is 0.368. The summed E-state index contributed by atoms with van der Waals surface area (Å²) >= 11 is 0. The molecule has 11 heteroatoms. The predicted octanol–water partition coefficient (Wildman–Crippen LogP) is 3.34. The van der Waals surface area contributed by atoms with Gasteiger partial charge in [0, 0.05) is 18.7 Å². The molecule has 3 aromatic rings. The van der Waals surface area contributed by atoms with Crippen molar-refractivity contribution < 1.29 is 28.0 Å². The molecule has 31 heavy (non-hydrogen) atoms. The highest BCUT2D eigenvalue weighted by atomic mass is 32.2. The molecule has 0 heterocycles. The largest absolute Gasteiger partial charge is 0.478 e. The van der Waals surface area contributed by atoms with Crippen molar-refractivity contribution in [3.05, 3.63) is 88.0 Å². The Bertz CT molecular complexity index is 1220. The minimum Gasteiger partial charge on any atom is -0.478 e. The minimum atomic E-state index is -4.18. The second-order valence-corrected chi connectivity index (χ2v) is 8.00. The molecular weight excluding hydrogens is 426 g/mol. The number of carboxylic acids is 1. The molecule has 0 fully saturated rings. The van der Waals surface area contributed by atoms with E-state index in [1.165, 1.54) is 18.2 Å². The van der Waals surface area contributed by atoms with E-state index in [-0.39, 0.29) is 27.6 Å². The molecule has 0 aliphatic heterocycles. The van der Waals surface area contributed by atoms with E-state index in [4.69, 9.17) is 10.5 Å². The number of non-ortho nitro benzene ring substituents is 1. The Hall–Kier alpha value is -3.96. The van der Waals surface area contributed by atoms with Crippen molar-refractivity contribution >= 4 is 27.4 Å². The lowest BCUT2D eigenvalue weighted by Crippen LogP contribution is -2.15. The molecule has 0 amide bonds. The summed E-state index contributed by atoms with van der Waals surface area (Å²) in [5, 5.41) is 20.2. The van der Waals surface area contributed by atoms with E-state index in [0.29, 0.717) is 12.3 Å². The number of carboxylic acid groups (broad SMARTS) is 1. The zero-order valence-electron chi connectivity index (χ0n) is 15.9. The first kappa shape index (κ1) is 21.7. The molecule has 0 saturated carbocycles. The Morgan fingerprint density at radius 2 is 1.65 bits per heavy atom. The number of aromatic carboxylic acids is 1. The van der Waals surface area contributed by atoms with Crippen LogP contribution in [0.1, 0.15) is 15.9 Å². The summed E-state index contributed by atoms with van der Waals surface area (Å²) in [6, 6.07) is 14.9. The number of nitrogens with two attached hydrogens (primary N) is 1. The fraction of sp³-hybridized carbons (Fsp3) is 0.0500. The van der Waals surface area contributed by atoms with Gasteiger partial charge >= 0.3 is 5.97 Å². The van der Waals surface area contributed by atoms with Crippen LogP contribution >= 0.6 is 0 Å². The molecule has 10 nitrogen and oxygen atoms in total. The smallest absolute Gasteiger partial charge is 0.337 e. The average Bonchev–Trinajstić information content (AvgIpc) is 2.75. The number of anilines is 1. The first-order chi connectivity index (χ1) is 14.7. The fourth-order valence-corrected chi connectivity index (χ4v) is 3.71. The Kier molecular flexibility index (Phi) is 6.18. The topological polar surface area (TPSA) is 162 Å². The van der Waals surface area contributed by atoms with Gasteiger partial charge in [-0.15, -0.1) is 0 Å². The molecule has 0 spiro atoms. The Labute approximate surface area is 177 Å². The third-order valence-electron chi connectivity index (χ3n) is 4.22. The highest BCUT2D eigenvalue weighted by molar-refractivity contribution is 7.92. The molecule has 0 aromatic heterocycles. The van der Waals surface area contributed by atoms with E-state index in [0.717, 1.165) is 29.8 Å². The lowest BCUT2D eigenvalue weighted by atomic mass is 10.1. The second-order valence-electron chi connectivity index (χ2n) is 6.32. The molecule has 3 aromatic carbocycles. The van der Waals surface area contributed by atoms with E-state index >= 15 is 0 Å². The first-order valence-corrected chi connectivity index (χ1v) is 10.3. The van der Waals surface area contributed by atoms with Crippen LogP contribution < -0.4 is 15.2 Å². The summed E-state index contributed by atoms with van der Waals surface area (Å²) in [5.41, 5.74) is 5.65. The van der Waals surface area contributed by atoms with Gasteiger partial charge in [-0.2, -0.15) is 0 Å². The van der Waals surface area contributed by atoms with Crippen LogP contribution in [0.4, 0.5) is 11.4 Å². The summed E-state index contributed by atoms with van der Waals surface area (Å²) in [5.74, 6) is -0.728. The highest BCUT2D eigenvalue weighted by Crippen LogP contribution is 2.28. The number of carbonyl (C=O) groups is 1. The first-order valence-electron chi connectivity index (χ1n) is 8.81. The molecule has 0 aliphatic rings. The molecule has 0 radical (unpaired) electrons. The fourth-order valence-electron chi connectivity index (χ4n) is 2.63. The molecule has 3 rings (SSSR count). The van der Waals surface area contributed by atoms with Crippen molar-refractivity contribution in [1.82, 2.24) is 0 Å². The van der Waals surface area contributed by atoms with Crippen LogP contribution in [0.3, 0.4) is 0 Å². The molecule has 160 valence electrons. The van der Waals surface area contributed by atoms with Crippen LogP contribution in [-0.2, 0) is 16.6 Å². The third kappa shape index (κ3) is 5.15. The van der Waals surface area contributed by atoms with Crippen molar-refractivity contribution in [3.63, 3.8) is 0 Å². The van der Waals surface area contributed by atoms with E-state index in [1.807, 2.05) is 0 Å². The third-order valence-corrected chi connectivity index (χ3v) is 5.60. The summed E-state index contributed by atoms with van der Waals surface area (Å²) in [4.78, 5) is 21.5. The molecule has 4 N–H and O–H groups in total. The summed E-state index contributed by atoms with van der Waals surface area (Å²) in [7, 11) is -4.18. The summed E-state index contributed by atoms with van der Waals surface area (Å²) in [6.07, 6.45) is 0. The SMILES string of the molecule is NCc1ccc(Oc2ccc(NS(=O)(=O)c3ccc([N+](=O)[O-])cc3)c(C(=O)O)c2)cc1. The number of nitro benzene ring substituents is 1. The maximum Gasteiger partial charge on any atom is 0.337 e. The molecule has 0 bridgehead atoms. The van der Waals surface area contributed by atoms with Gasteiger partial charge in [-0.25, -0.2) is 13.2 Å². The number of nitrogens with zero attached hydrogens (tertiary/aromatic N) is 1. The quantitative estimate of drug-likeness (QED) is 0.353. The Morgan fingerprint density at radius 1 is 1.03 bits per heavy atom. The Balaban J connectivity index is 1.86. The standard InChI is InChI=1S/C20H17N3O7S/c21-12-13-1-5-15(6-2-13)30-16-7-10-19(18(11-16)20(24)25)22-31(28,29)17-8-3-14(4-9-17)23(26)27/h1-11,22H,12,21H2,(H,24,25). The van der Waals surface area contributed by atoms with Crippen molar-refractivity contribution in [3.8, 4) is 11.5 Å². The maximum atomic E-state index is 12.6. The van der Waals surface area contributed by atoms with E-state index in [9.17, 15) is 28.4 Å². The van der Waals surface area contributed by atoms with Gasteiger partial charge in [0.15, 0.2) is 0 Å². The molecule has 0 aliphatic carbocycles. The van der Waals surface area contributed by atoms with E-state index < -0.39 is 20.9 Å². The van der Waals surface area contributed by atoms with Gasteiger partial charge in [-0.05, 0) is 48.0 Å². The van der Waals surface area contributed by atoms with Gasteiger partial charge in [0.2, 0.25) is 0 Å². The van der Waals surface area contributed by atoms with Crippen LogP contribution in [0.15, 0.2) is 71.6 Å². The number of hydrogen-bond donors (Lipinski definition) is 3. The van der Waals surface area contributed by atoms with Crippen LogP contribution in [0, 0.1) is 10.1 Å². The lowest BCUT2D eigenvalue weighted by molar-refractivity contribution is -0.384. The second kappa shape index (κ2) is 8.81. The van der Waals surface area contributed by atoms with Crippen LogP contribution in [0.2, 0.25) is 0 Å². The molecule has 0 atom stereocenters. The Morgan fingerprint density at radius 3 is 2.19 bits per heavy atom. The van der Waals surface area contributed by atoms with Crippen molar-refractivity contribution in [2.45, 2.75) is 11.4 Å². The van der Waals surface area contributed by atoms with Crippen LogP contribution in [0.5, 0.6) is 11.5 Å². The number of rotatable bonds is 8. The maximum absolute atomic E-state index is 12.6. The zero-order valence-corrected chi connectivity index (χ0v) is 16.7. The predicted molar refractivity (Wildman–Crippen MR) is 112 cm³/mol. The van der Waals surface area contributed by atoms with E-state index in [2.05, 4.69) is 4.72 Å². The lowest BCUT2D eigenvalue weighted by Gasteiger charge is -2.13. The number of sulfonamides is 1. The number of hydrogen-bond acceptors (Lipinski definition) is 7. The van der Waals surface area contributed by atoms with Crippen molar-refractivity contribution in [1.29, 1.82) is 0 Å². The van der Waals surface area contributed by atoms with Gasteiger partial charge < -0.3 is 15.6 Å². The number of nitrogens with one attached hydrogen (secondary N) is 1. The van der Waals surface area contributed by atoms with Crippen molar-refractivity contribution in [2.24, 2.45) is 5.73 Å². The average molecular weight is 443 g/mol. The number of benzene rings is 3. The number of nitro groups is 1. The molecule has 0 unspecified atom stereocenters. The normalized spacial score (nSPS) is 11.0. The van der Waals surface area contributed by atoms with Gasteiger partial charge in [0.1, 0.15) is 11.5 Å². The van der Waals surface area contributed by atoms with Gasteiger partial charge in [-0.1, -0.05) is 12.1 Å². The monoisotopic (exact) mass is 443 g/mol. The van der Waals surface area contributed by atoms with Crippen molar-refractivity contribution in [2.75, 3.05) is 4.72 Å². The highest BCUT2D eigenvalue weighted by Gasteiger charge is 2.20. The minimum absolute atomic E-state index is 0.184. The summed E-state index contributed by atoms with van der Waals surface area (Å²) < 4.78 is 33.0. The van der Waals surface area contributed by atoms with Crippen LogP contribution in [0.25, 0.3) is 0 Å².